The maximum Gasteiger partial charge on any atom is 0.326 e. The van der Waals surface area contributed by atoms with Crippen molar-refractivity contribution < 1.29 is 39.3 Å². The van der Waals surface area contributed by atoms with Gasteiger partial charge in [0.1, 0.15) is 18.1 Å². The van der Waals surface area contributed by atoms with Gasteiger partial charge in [0.25, 0.3) is 0 Å². The Bertz CT molecular complexity index is 823. The van der Waals surface area contributed by atoms with E-state index in [4.69, 9.17) is 10.2 Å². The quantitative estimate of drug-likeness (QED) is 0.157. The van der Waals surface area contributed by atoms with Gasteiger partial charge in [-0.15, -0.1) is 0 Å². The fourth-order valence-electron chi connectivity index (χ4n) is 3.12. The minimum atomic E-state index is -1.75. The number of aliphatic carboxylic acids is 2. The lowest BCUT2D eigenvalue weighted by Gasteiger charge is -2.24. The number of hydrogen-bond donors (Lipinski definition) is 8. The maximum absolute atomic E-state index is 12.8. The molecule has 2 heterocycles. The number of H-pyrrole nitrogens is 1. The van der Waals surface area contributed by atoms with E-state index < -0.39 is 66.9 Å². The van der Waals surface area contributed by atoms with Crippen LogP contribution in [0, 0.1) is 0 Å². The van der Waals surface area contributed by atoms with Gasteiger partial charge in [0.05, 0.1) is 25.4 Å². The van der Waals surface area contributed by atoms with Crippen molar-refractivity contribution in [1.82, 2.24) is 31.2 Å². The van der Waals surface area contributed by atoms with E-state index in [1.807, 2.05) is 5.32 Å². The molecule has 4 atom stereocenters. The molecule has 32 heavy (non-hydrogen) atoms. The predicted octanol–water partition coefficient (Wildman–Crippen LogP) is -3.29. The third-order valence-corrected chi connectivity index (χ3v) is 4.80. The van der Waals surface area contributed by atoms with E-state index in [9.17, 15) is 29.1 Å². The Morgan fingerprint density at radius 1 is 1.06 bits per heavy atom. The standard InChI is InChI=1S/C18H26N6O8/c25-7-13(17(30)23-12(18(31)32)5-14(26)27)24-16(29)11(4-9-6-19-8-21-9)22-15(28)10-2-1-3-20-10/h6,8,10-13,20,25H,1-5,7H2,(H,19,21)(H,22,28)(H,23,30)(H,24,29)(H,26,27)(H,31,32). The van der Waals surface area contributed by atoms with Crippen LogP contribution in [0.5, 0.6) is 0 Å². The number of carbonyl (C=O) groups excluding carboxylic acids is 3. The second kappa shape index (κ2) is 11.8. The van der Waals surface area contributed by atoms with Crippen LogP contribution in [0.15, 0.2) is 12.5 Å². The molecule has 0 saturated carbocycles. The van der Waals surface area contributed by atoms with Gasteiger partial charge in [-0.1, -0.05) is 0 Å². The number of amides is 3. The number of carbonyl (C=O) groups is 5. The molecule has 1 aromatic rings. The number of rotatable bonds is 12. The van der Waals surface area contributed by atoms with Gasteiger partial charge in [-0.25, -0.2) is 9.78 Å². The minimum absolute atomic E-state index is 0.0147. The molecule has 0 aliphatic carbocycles. The molecular formula is C18H26N6O8. The van der Waals surface area contributed by atoms with Crippen molar-refractivity contribution in [2.75, 3.05) is 13.2 Å². The molecule has 0 bridgehead atoms. The van der Waals surface area contributed by atoms with E-state index in [0.29, 0.717) is 18.7 Å². The van der Waals surface area contributed by atoms with Crippen LogP contribution in [0.3, 0.4) is 0 Å². The van der Waals surface area contributed by atoms with E-state index in [-0.39, 0.29) is 6.42 Å². The summed E-state index contributed by atoms with van der Waals surface area (Å²) in [6, 6.07) is -4.90. The molecule has 176 valence electrons. The summed E-state index contributed by atoms with van der Waals surface area (Å²) in [4.78, 5) is 66.2. The first-order valence-electron chi connectivity index (χ1n) is 9.88. The fraction of sp³-hybridized carbons (Fsp3) is 0.556. The molecule has 2 rings (SSSR count). The summed E-state index contributed by atoms with van der Waals surface area (Å²) in [6.45, 7) is -0.213. The number of nitrogens with zero attached hydrogens (tertiary/aromatic N) is 1. The molecule has 14 nitrogen and oxygen atoms in total. The number of aliphatic hydroxyl groups is 1. The number of nitrogens with one attached hydrogen (secondary N) is 5. The first-order chi connectivity index (χ1) is 15.2. The van der Waals surface area contributed by atoms with Gasteiger partial charge < -0.3 is 41.6 Å². The Morgan fingerprint density at radius 2 is 1.75 bits per heavy atom. The highest BCUT2D eigenvalue weighted by Crippen LogP contribution is 2.07. The van der Waals surface area contributed by atoms with Crippen LogP contribution in [0.1, 0.15) is 25.0 Å². The van der Waals surface area contributed by atoms with Crippen molar-refractivity contribution in [3.8, 4) is 0 Å². The molecule has 1 aromatic heterocycles. The monoisotopic (exact) mass is 454 g/mol. The van der Waals surface area contributed by atoms with Crippen molar-refractivity contribution in [3.63, 3.8) is 0 Å². The Morgan fingerprint density at radius 3 is 2.28 bits per heavy atom. The van der Waals surface area contributed by atoms with Crippen LogP contribution in [0.2, 0.25) is 0 Å². The highest BCUT2D eigenvalue weighted by Gasteiger charge is 2.32. The summed E-state index contributed by atoms with van der Waals surface area (Å²) in [5.74, 6) is -5.33. The molecular weight excluding hydrogens is 428 g/mol. The van der Waals surface area contributed by atoms with Gasteiger partial charge in [0.15, 0.2) is 0 Å². The Hall–Kier alpha value is -3.52. The molecule has 0 aromatic carbocycles. The van der Waals surface area contributed by atoms with Crippen LogP contribution in [0.4, 0.5) is 0 Å². The molecule has 14 heteroatoms. The summed E-state index contributed by atoms with van der Waals surface area (Å²) in [5, 5.41) is 37.2. The maximum atomic E-state index is 12.8. The van der Waals surface area contributed by atoms with Gasteiger partial charge in [0.2, 0.25) is 17.7 Å². The molecule has 0 spiro atoms. The number of carboxylic acid groups (broad SMARTS) is 2. The Balaban J connectivity index is 2.07. The van der Waals surface area contributed by atoms with Gasteiger partial charge in [-0.3, -0.25) is 19.2 Å². The average molecular weight is 454 g/mol. The highest BCUT2D eigenvalue weighted by atomic mass is 16.4. The zero-order valence-corrected chi connectivity index (χ0v) is 17.0. The number of hydrogen-bond acceptors (Lipinski definition) is 8. The van der Waals surface area contributed by atoms with Gasteiger partial charge in [-0.2, -0.15) is 0 Å². The molecule has 3 amide bonds. The normalized spacial score (nSPS) is 18.2. The molecule has 4 unspecified atom stereocenters. The van der Waals surface area contributed by atoms with Crippen LogP contribution in [-0.4, -0.2) is 92.3 Å². The van der Waals surface area contributed by atoms with Gasteiger partial charge in [0, 0.05) is 18.3 Å². The summed E-state index contributed by atoms with van der Waals surface area (Å²) in [5.41, 5.74) is 0.530. The lowest BCUT2D eigenvalue weighted by molar-refractivity contribution is -0.147. The van der Waals surface area contributed by atoms with E-state index in [2.05, 4.69) is 25.9 Å². The second-order valence-electron chi connectivity index (χ2n) is 7.23. The van der Waals surface area contributed by atoms with Crippen LogP contribution < -0.4 is 21.3 Å². The zero-order valence-electron chi connectivity index (χ0n) is 17.0. The molecule has 1 aliphatic rings. The number of aliphatic hydroxyl groups excluding tert-OH is 1. The zero-order chi connectivity index (χ0) is 23.7. The van der Waals surface area contributed by atoms with Crippen LogP contribution in [0.25, 0.3) is 0 Å². The first-order valence-corrected chi connectivity index (χ1v) is 9.88. The molecule has 1 saturated heterocycles. The van der Waals surface area contributed by atoms with E-state index in [0.717, 1.165) is 6.42 Å². The summed E-state index contributed by atoms with van der Waals surface area (Å²) in [6.07, 6.45) is 3.39. The summed E-state index contributed by atoms with van der Waals surface area (Å²) in [7, 11) is 0. The summed E-state index contributed by atoms with van der Waals surface area (Å²) >= 11 is 0. The predicted molar refractivity (Wildman–Crippen MR) is 106 cm³/mol. The second-order valence-corrected chi connectivity index (χ2v) is 7.23. The summed E-state index contributed by atoms with van der Waals surface area (Å²) < 4.78 is 0. The first kappa shape index (κ1) is 24.7. The number of aromatic amines is 1. The third-order valence-electron chi connectivity index (χ3n) is 4.80. The van der Waals surface area contributed by atoms with Crippen molar-refractivity contribution in [2.24, 2.45) is 0 Å². The Kier molecular flexibility index (Phi) is 9.09. The third kappa shape index (κ3) is 7.31. The highest BCUT2D eigenvalue weighted by molar-refractivity contribution is 5.94. The van der Waals surface area contributed by atoms with Crippen molar-refractivity contribution in [1.29, 1.82) is 0 Å². The number of imidazole rings is 1. The van der Waals surface area contributed by atoms with Crippen molar-refractivity contribution in [3.05, 3.63) is 18.2 Å². The topological polar surface area (TPSA) is 223 Å². The van der Waals surface area contributed by atoms with Crippen LogP contribution in [-0.2, 0) is 30.4 Å². The number of carboxylic acids is 2. The van der Waals surface area contributed by atoms with E-state index >= 15 is 0 Å². The number of aromatic nitrogens is 2. The molecule has 8 N–H and O–H groups in total. The van der Waals surface area contributed by atoms with Crippen molar-refractivity contribution in [2.45, 2.75) is 49.9 Å². The lowest BCUT2D eigenvalue weighted by Crippen LogP contribution is -2.58. The van der Waals surface area contributed by atoms with E-state index in [1.54, 1.807) is 0 Å². The lowest BCUT2D eigenvalue weighted by atomic mass is 10.1. The largest absolute Gasteiger partial charge is 0.481 e. The molecule has 1 fully saturated rings. The molecule has 0 radical (unpaired) electrons. The minimum Gasteiger partial charge on any atom is -0.481 e. The van der Waals surface area contributed by atoms with Crippen molar-refractivity contribution >= 4 is 29.7 Å². The van der Waals surface area contributed by atoms with Crippen LogP contribution >= 0.6 is 0 Å². The fourth-order valence-corrected chi connectivity index (χ4v) is 3.12. The molecule has 1 aliphatic heterocycles. The van der Waals surface area contributed by atoms with Gasteiger partial charge in [-0.05, 0) is 19.4 Å². The SMILES string of the molecule is O=C(O)CC(NC(=O)C(CO)NC(=O)C(Cc1cnc[nH]1)NC(=O)C1CCCN1)C(=O)O. The van der Waals surface area contributed by atoms with E-state index in [1.165, 1.54) is 12.5 Å². The Labute approximate surface area is 182 Å². The average Bonchev–Trinajstić information content (AvgIpc) is 3.44. The smallest absolute Gasteiger partial charge is 0.326 e. The van der Waals surface area contributed by atoms with Gasteiger partial charge >= 0.3 is 11.9 Å².